The molecule has 0 spiro atoms. The van der Waals surface area contributed by atoms with Gasteiger partial charge in [0.05, 0.1) is 22.3 Å². The second-order valence-electron chi connectivity index (χ2n) is 3.77. The van der Waals surface area contributed by atoms with Gasteiger partial charge in [0.25, 0.3) is 0 Å². The Kier molecular flexibility index (Phi) is 8.80. The molecule has 0 heterocycles. The van der Waals surface area contributed by atoms with Crippen molar-refractivity contribution < 1.29 is 24.0 Å². The van der Waals surface area contributed by atoms with Crippen LogP contribution < -0.4 is 0 Å². The first kappa shape index (κ1) is 17.2. The number of allylic oxidation sites excluding steroid dienone is 5. The summed E-state index contributed by atoms with van der Waals surface area (Å²) >= 11 is 0. The lowest BCUT2D eigenvalue weighted by molar-refractivity contribution is 0.560. The van der Waals surface area contributed by atoms with Crippen molar-refractivity contribution in [1.82, 2.24) is 0 Å². The zero-order valence-corrected chi connectivity index (χ0v) is 10.9. The lowest BCUT2D eigenvalue weighted by Crippen LogP contribution is -2.01. The van der Waals surface area contributed by atoms with Crippen molar-refractivity contribution in [2.24, 2.45) is 0 Å². The lowest BCUT2D eigenvalue weighted by atomic mass is 9.92. The van der Waals surface area contributed by atoms with Crippen LogP contribution in [0.4, 0.5) is 0 Å². The minimum Gasteiger partial charge on any atom is -0.233 e. The van der Waals surface area contributed by atoms with E-state index in [2.05, 4.69) is 0 Å². The van der Waals surface area contributed by atoms with Gasteiger partial charge in [0.2, 0.25) is 0 Å². The van der Waals surface area contributed by atoms with Gasteiger partial charge < -0.3 is 0 Å². The second-order valence-corrected chi connectivity index (χ2v) is 3.77. The summed E-state index contributed by atoms with van der Waals surface area (Å²) in [5.41, 5.74) is -1.54. The van der Waals surface area contributed by atoms with Gasteiger partial charge >= 0.3 is 0 Å². The van der Waals surface area contributed by atoms with Crippen molar-refractivity contribution in [3.8, 4) is 0 Å². The van der Waals surface area contributed by atoms with Crippen LogP contribution in [-0.4, -0.2) is 29.7 Å². The van der Waals surface area contributed by atoms with Gasteiger partial charge in [-0.2, -0.15) is 0 Å². The van der Waals surface area contributed by atoms with E-state index in [4.69, 9.17) is 0 Å². The summed E-state index contributed by atoms with van der Waals surface area (Å²) in [6, 6.07) is 0. The number of rotatable bonds is 8. The predicted molar refractivity (Wildman–Crippen MR) is 71.2 cm³/mol. The summed E-state index contributed by atoms with van der Waals surface area (Å²) in [5.74, 6) is 6.95. The van der Waals surface area contributed by atoms with Gasteiger partial charge in [0, 0.05) is 6.08 Å². The Morgan fingerprint density at radius 1 is 0.850 bits per heavy atom. The Labute approximate surface area is 115 Å². The largest absolute Gasteiger partial charge is 0.233 e. The van der Waals surface area contributed by atoms with Crippen LogP contribution in [0.15, 0.2) is 28.4 Å². The number of unbranched alkanes of at least 4 members (excludes halogenated alkanes) is 2. The number of hydrogen-bond acceptors (Lipinski definition) is 5. The van der Waals surface area contributed by atoms with E-state index in [0.29, 0.717) is 12.5 Å². The van der Waals surface area contributed by atoms with Crippen LogP contribution in [0.5, 0.6) is 0 Å². The first-order valence-electron chi connectivity index (χ1n) is 5.91. The molecule has 0 radical (unpaired) electrons. The highest BCUT2D eigenvalue weighted by atomic mass is 16.1. The van der Waals surface area contributed by atoms with Crippen molar-refractivity contribution >= 4 is 29.7 Å². The van der Waals surface area contributed by atoms with Crippen molar-refractivity contribution in [1.29, 1.82) is 0 Å². The molecule has 0 aromatic heterocycles. The summed E-state index contributed by atoms with van der Waals surface area (Å²) in [4.78, 5) is 53.6. The fourth-order valence-electron chi connectivity index (χ4n) is 1.49. The van der Waals surface area contributed by atoms with E-state index in [1.807, 2.05) is 6.92 Å². The molecule has 0 aliphatic heterocycles. The molecule has 0 saturated heterocycles. The third-order valence-electron chi connectivity index (χ3n) is 2.49. The maximum absolute atomic E-state index is 10.9. The third kappa shape index (κ3) is 4.86. The molecule has 5 heteroatoms. The summed E-state index contributed by atoms with van der Waals surface area (Å²) in [5, 5.41) is 0. The molecular weight excluding hydrogens is 260 g/mol. The molecule has 0 saturated carbocycles. The normalized spacial score (nSPS) is 8.05. The summed E-state index contributed by atoms with van der Waals surface area (Å²) in [6.45, 7) is 1.96. The predicted octanol–water partition coefficient (Wildman–Crippen LogP) is 0.987. The van der Waals surface area contributed by atoms with Gasteiger partial charge in [0.15, 0.2) is 0 Å². The van der Waals surface area contributed by atoms with E-state index >= 15 is 0 Å². The summed E-state index contributed by atoms with van der Waals surface area (Å²) < 4.78 is 0. The molecule has 5 nitrogen and oxygen atoms in total. The SMILES string of the molecule is CCCCCC(=C=O)C(=C=O)C(=C=O)C(=C=O)C=C=O. The standard InChI is InChI=1S/C15H12O5/c1-2-3-4-5-12(8-17)14(10-19)15(11-20)13(9-18)6-7-16/h6H,2-5H2,1H3. The van der Waals surface area contributed by atoms with Crippen molar-refractivity contribution in [2.45, 2.75) is 32.6 Å². The van der Waals surface area contributed by atoms with E-state index < -0.39 is 16.7 Å². The quantitative estimate of drug-likeness (QED) is 0.373. The smallest absolute Gasteiger partial charge is 0.135 e. The third-order valence-corrected chi connectivity index (χ3v) is 2.49. The maximum Gasteiger partial charge on any atom is 0.135 e. The van der Waals surface area contributed by atoms with Gasteiger partial charge in [-0.3, -0.25) is 0 Å². The first-order valence-corrected chi connectivity index (χ1v) is 5.91. The molecule has 0 atom stereocenters. The van der Waals surface area contributed by atoms with Gasteiger partial charge in [-0.25, -0.2) is 24.0 Å². The Bertz CT molecular complexity index is 609. The van der Waals surface area contributed by atoms with Crippen LogP contribution in [0.1, 0.15) is 32.6 Å². The van der Waals surface area contributed by atoms with E-state index in [0.717, 1.165) is 12.8 Å². The van der Waals surface area contributed by atoms with E-state index in [1.54, 1.807) is 5.94 Å². The molecule has 0 amide bonds. The summed E-state index contributed by atoms with van der Waals surface area (Å²) in [7, 11) is 0. The molecule has 0 rings (SSSR count). The highest BCUT2D eigenvalue weighted by Gasteiger charge is 2.18. The zero-order valence-electron chi connectivity index (χ0n) is 10.9. The average molecular weight is 272 g/mol. The van der Waals surface area contributed by atoms with Crippen LogP contribution in [0.3, 0.4) is 0 Å². The Balaban J connectivity index is 5.61. The van der Waals surface area contributed by atoms with Crippen LogP contribution in [0.2, 0.25) is 0 Å². The van der Waals surface area contributed by atoms with Gasteiger partial charge in [0.1, 0.15) is 29.7 Å². The minimum atomic E-state index is -0.534. The molecule has 0 aromatic rings. The number of hydrogen-bond donors (Lipinski definition) is 0. The Hall–Kier alpha value is -2.75. The monoisotopic (exact) mass is 272 g/mol. The van der Waals surface area contributed by atoms with Crippen LogP contribution in [0.25, 0.3) is 0 Å². The molecule has 20 heavy (non-hydrogen) atoms. The fourth-order valence-corrected chi connectivity index (χ4v) is 1.49. The number of carbonyl (C=O) groups excluding carboxylic acids is 5. The molecule has 102 valence electrons. The molecule has 0 bridgehead atoms. The zero-order chi connectivity index (χ0) is 15.4. The average Bonchev–Trinajstić information content (AvgIpc) is 2.48. The Morgan fingerprint density at radius 2 is 1.50 bits per heavy atom. The van der Waals surface area contributed by atoms with Gasteiger partial charge in [-0.05, 0) is 12.8 Å². The van der Waals surface area contributed by atoms with Crippen molar-refractivity contribution in [3.05, 3.63) is 28.4 Å². The summed E-state index contributed by atoms with van der Waals surface area (Å²) in [6.07, 6.45) is 3.18. The topological polar surface area (TPSA) is 85.3 Å². The fraction of sp³-hybridized carbons (Fsp3) is 0.333. The van der Waals surface area contributed by atoms with Crippen molar-refractivity contribution in [3.63, 3.8) is 0 Å². The van der Waals surface area contributed by atoms with Gasteiger partial charge in [-0.1, -0.05) is 19.8 Å². The highest BCUT2D eigenvalue weighted by Crippen LogP contribution is 2.23. The molecule has 0 aromatic carbocycles. The lowest BCUT2D eigenvalue weighted by Gasteiger charge is -2.04. The molecule has 0 N–H and O–H groups in total. The Morgan fingerprint density at radius 3 is 1.90 bits per heavy atom. The maximum atomic E-state index is 10.9. The van der Waals surface area contributed by atoms with Gasteiger partial charge in [-0.15, -0.1) is 0 Å². The van der Waals surface area contributed by atoms with E-state index in [-0.39, 0.29) is 12.0 Å². The molecule has 0 fully saturated rings. The minimum absolute atomic E-state index is 0.0844. The van der Waals surface area contributed by atoms with Crippen molar-refractivity contribution in [2.75, 3.05) is 0 Å². The molecule has 0 unspecified atom stereocenters. The van der Waals surface area contributed by atoms with E-state index in [9.17, 15) is 24.0 Å². The van der Waals surface area contributed by atoms with Crippen LogP contribution in [0, 0.1) is 0 Å². The van der Waals surface area contributed by atoms with Crippen LogP contribution in [-0.2, 0) is 24.0 Å². The second kappa shape index (κ2) is 10.2. The molecular formula is C15H12O5. The van der Waals surface area contributed by atoms with E-state index in [1.165, 1.54) is 23.8 Å². The molecule has 0 aliphatic rings. The van der Waals surface area contributed by atoms with Crippen LogP contribution >= 0.6 is 0 Å². The highest BCUT2D eigenvalue weighted by molar-refractivity contribution is 5.91. The first-order chi connectivity index (χ1) is 9.69. The molecule has 0 aliphatic carbocycles.